The number of carbonyl (C=O) groups excluding carboxylic acids is 1. The number of carbonyl (C=O) groups is 1. The lowest BCUT2D eigenvalue weighted by molar-refractivity contribution is 0.0946. The van der Waals surface area contributed by atoms with Crippen LogP contribution in [0.5, 0.6) is 0 Å². The van der Waals surface area contributed by atoms with Crippen molar-refractivity contribution in [3.8, 4) is 0 Å². The van der Waals surface area contributed by atoms with Gasteiger partial charge in [0.1, 0.15) is 16.5 Å². The molecule has 1 amide bonds. The van der Waals surface area contributed by atoms with E-state index in [1.54, 1.807) is 5.38 Å². The van der Waals surface area contributed by atoms with Crippen LogP contribution in [0, 0.1) is 0 Å². The molecule has 1 fully saturated rings. The Bertz CT molecular complexity index is 644. The van der Waals surface area contributed by atoms with E-state index in [1.807, 2.05) is 18.3 Å². The molecule has 0 spiro atoms. The predicted octanol–water partition coefficient (Wildman–Crippen LogP) is 2.37. The van der Waals surface area contributed by atoms with E-state index >= 15 is 0 Å². The summed E-state index contributed by atoms with van der Waals surface area (Å²) in [7, 11) is 0. The first-order valence-electron chi connectivity index (χ1n) is 7.39. The number of hydrogen-bond donors (Lipinski definition) is 2. The third-order valence-corrected chi connectivity index (χ3v) is 4.52. The molecular weight excluding hydrogens is 369 g/mol. The molecule has 1 saturated heterocycles. The molecule has 1 aliphatic rings. The summed E-state index contributed by atoms with van der Waals surface area (Å²) in [4.78, 5) is 22.9. The van der Waals surface area contributed by atoms with Crippen LogP contribution in [-0.4, -0.2) is 29.0 Å². The van der Waals surface area contributed by atoms with Gasteiger partial charge in [-0.05, 0) is 24.5 Å². The zero-order chi connectivity index (χ0) is 15.4. The maximum atomic E-state index is 12.0. The molecule has 2 aromatic rings. The summed E-state index contributed by atoms with van der Waals surface area (Å²) in [5.74, 6) is 0.833. The van der Waals surface area contributed by atoms with Gasteiger partial charge in [0.2, 0.25) is 0 Å². The Labute approximate surface area is 157 Å². The topological polar surface area (TPSA) is 84.1 Å². The molecule has 9 heteroatoms. The minimum Gasteiger partial charge on any atom is -0.357 e. The van der Waals surface area contributed by atoms with Crippen LogP contribution < -0.4 is 16.0 Å². The number of hydrogen-bond acceptors (Lipinski definition) is 6. The lowest BCUT2D eigenvalue weighted by atomic mass is 10.2. The van der Waals surface area contributed by atoms with Gasteiger partial charge in [0, 0.05) is 37.8 Å². The van der Waals surface area contributed by atoms with E-state index in [0.717, 1.165) is 29.5 Å². The number of anilines is 1. The molecule has 3 N–H and O–H groups in total. The molecule has 0 aromatic carbocycles. The van der Waals surface area contributed by atoms with Gasteiger partial charge < -0.3 is 16.0 Å². The molecule has 6 nitrogen and oxygen atoms in total. The van der Waals surface area contributed by atoms with E-state index in [4.69, 9.17) is 5.73 Å². The van der Waals surface area contributed by atoms with Crippen molar-refractivity contribution in [1.82, 2.24) is 15.3 Å². The van der Waals surface area contributed by atoms with Crippen LogP contribution in [0.3, 0.4) is 0 Å². The number of nitrogens with zero attached hydrogens (tertiary/aromatic N) is 3. The first-order valence-corrected chi connectivity index (χ1v) is 8.27. The fraction of sp³-hybridized carbons (Fsp3) is 0.400. The Balaban J connectivity index is 0.00000144. The summed E-state index contributed by atoms with van der Waals surface area (Å²) in [5.41, 5.74) is 6.90. The maximum Gasteiger partial charge on any atom is 0.271 e. The van der Waals surface area contributed by atoms with E-state index < -0.39 is 0 Å². The van der Waals surface area contributed by atoms with Crippen molar-refractivity contribution in [3.63, 3.8) is 0 Å². The average Bonchev–Trinajstić information content (AvgIpc) is 3.24. The number of aromatic nitrogens is 2. The number of nitrogens with one attached hydrogen (secondary N) is 1. The Morgan fingerprint density at radius 3 is 2.62 bits per heavy atom. The number of thiazole rings is 1. The van der Waals surface area contributed by atoms with E-state index in [2.05, 4.69) is 20.2 Å². The quantitative estimate of drug-likeness (QED) is 0.819. The first-order chi connectivity index (χ1) is 10.8. The van der Waals surface area contributed by atoms with Crippen LogP contribution in [0.25, 0.3) is 0 Å². The fourth-order valence-electron chi connectivity index (χ4n) is 2.44. The highest BCUT2D eigenvalue weighted by Crippen LogP contribution is 2.17. The molecule has 0 radical (unpaired) electrons. The fourth-order valence-corrected chi connectivity index (χ4v) is 3.09. The predicted molar refractivity (Wildman–Crippen MR) is 101 cm³/mol. The summed E-state index contributed by atoms with van der Waals surface area (Å²) in [6.07, 6.45) is 4.29. The summed E-state index contributed by atoms with van der Waals surface area (Å²) in [6.45, 7) is 2.97. The molecule has 0 aliphatic carbocycles. The van der Waals surface area contributed by atoms with Crippen molar-refractivity contribution in [2.45, 2.75) is 25.9 Å². The molecule has 1 aliphatic heterocycles. The molecule has 132 valence electrons. The number of pyridine rings is 1. The Morgan fingerprint density at radius 2 is 2.04 bits per heavy atom. The van der Waals surface area contributed by atoms with Crippen LogP contribution in [0.2, 0.25) is 0 Å². The normalized spacial score (nSPS) is 13.1. The van der Waals surface area contributed by atoms with Crippen molar-refractivity contribution in [2.24, 2.45) is 5.73 Å². The monoisotopic (exact) mass is 389 g/mol. The molecule has 3 rings (SSSR count). The highest BCUT2D eigenvalue weighted by atomic mass is 35.5. The highest BCUT2D eigenvalue weighted by Gasteiger charge is 2.13. The van der Waals surface area contributed by atoms with Crippen LogP contribution in [0.4, 0.5) is 5.82 Å². The SMILES string of the molecule is Cl.Cl.NCc1nc(C(=O)NCc2ccc(N3CCCC3)nc2)cs1. The van der Waals surface area contributed by atoms with Crippen molar-refractivity contribution in [2.75, 3.05) is 18.0 Å². The number of halogens is 2. The number of nitrogens with two attached hydrogens (primary N) is 1. The van der Waals surface area contributed by atoms with Crippen LogP contribution in [-0.2, 0) is 13.1 Å². The van der Waals surface area contributed by atoms with Crippen LogP contribution in [0.15, 0.2) is 23.7 Å². The molecule has 2 aromatic heterocycles. The second kappa shape index (κ2) is 9.78. The van der Waals surface area contributed by atoms with Gasteiger partial charge in [-0.25, -0.2) is 9.97 Å². The Kier molecular flexibility index (Phi) is 8.41. The highest BCUT2D eigenvalue weighted by molar-refractivity contribution is 7.09. The van der Waals surface area contributed by atoms with Gasteiger partial charge in [0.15, 0.2) is 0 Å². The molecular formula is C15H21Cl2N5OS. The third-order valence-electron chi connectivity index (χ3n) is 3.65. The molecule has 24 heavy (non-hydrogen) atoms. The van der Waals surface area contributed by atoms with Crippen molar-refractivity contribution in [1.29, 1.82) is 0 Å². The number of amides is 1. The van der Waals surface area contributed by atoms with Gasteiger partial charge >= 0.3 is 0 Å². The van der Waals surface area contributed by atoms with E-state index in [-0.39, 0.29) is 30.7 Å². The second-order valence-electron chi connectivity index (χ2n) is 5.23. The Hall–Kier alpha value is -1.41. The summed E-state index contributed by atoms with van der Waals surface area (Å²) in [6, 6.07) is 4.02. The summed E-state index contributed by atoms with van der Waals surface area (Å²) in [5, 5.41) is 5.35. The van der Waals surface area contributed by atoms with Crippen molar-refractivity contribution >= 4 is 47.9 Å². The van der Waals surface area contributed by atoms with E-state index in [1.165, 1.54) is 24.2 Å². The molecule has 0 unspecified atom stereocenters. The second-order valence-corrected chi connectivity index (χ2v) is 6.17. The van der Waals surface area contributed by atoms with Crippen molar-refractivity contribution < 1.29 is 4.79 Å². The third kappa shape index (κ3) is 5.04. The Morgan fingerprint density at radius 1 is 1.29 bits per heavy atom. The van der Waals surface area contributed by atoms with Gasteiger partial charge in [0.25, 0.3) is 5.91 Å². The smallest absolute Gasteiger partial charge is 0.271 e. The van der Waals surface area contributed by atoms with E-state index in [0.29, 0.717) is 18.8 Å². The van der Waals surface area contributed by atoms with Crippen LogP contribution >= 0.6 is 36.2 Å². The van der Waals surface area contributed by atoms with Gasteiger partial charge in [-0.3, -0.25) is 4.79 Å². The first kappa shape index (κ1) is 20.6. The minimum absolute atomic E-state index is 0. The zero-order valence-corrected chi connectivity index (χ0v) is 15.6. The number of rotatable bonds is 5. The van der Waals surface area contributed by atoms with E-state index in [9.17, 15) is 4.79 Å². The van der Waals surface area contributed by atoms with Gasteiger partial charge in [-0.2, -0.15) is 0 Å². The van der Waals surface area contributed by atoms with Crippen molar-refractivity contribution in [3.05, 3.63) is 40.0 Å². The lowest BCUT2D eigenvalue weighted by Gasteiger charge is -2.16. The van der Waals surface area contributed by atoms with Gasteiger partial charge in [0.05, 0.1) is 0 Å². The van der Waals surface area contributed by atoms with Crippen LogP contribution in [0.1, 0.15) is 33.9 Å². The largest absolute Gasteiger partial charge is 0.357 e. The van der Waals surface area contributed by atoms with Gasteiger partial charge in [-0.15, -0.1) is 36.2 Å². The molecule has 0 saturated carbocycles. The summed E-state index contributed by atoms with van der Waals surface area (Å²) < 4.78 is 0. The minimum atomic E-state index is -0.181. The summed E-state index contributed by atoms with van der Waals surface area (Å²) >= 11 is 1.40. The molecule has 0 atom stereocenters. The molecule has 3 heterocycles. The standard InChI is InChI=1S/C15H19N5OS.2ClH/c16-7-14-19-12(10-22-14)15(21)18-9-11-3-4-13(17-8-11)20-5-1-2-6-20;;/h3-4,8,10H,1-2,5-7,9,16H2,(H,18,21);2*1H. The molecule has 0 bridgehead atoms. The maximum absolute atomic E-state index is 12.0. The van der Waals surface area contributed by atoms with Gasteiger partial charge in [-0.1, -0.05) is 6.07 Å². The lowest BCUT2D eigenvalue weighted by Crippen LogP contribution is -2.23. The zero-order valence-electron chi connectivity index (χ0n) is 13.1. The average molecular weight is 390 g/mol.